The molecule has 1 aromatic heterocycles. The SMILES string of the molecule is Cc1ccc2c(c1)CN(C(=O)Nc1cc(-c3ccncc3)ccc1N)C2. The smallest absolute Gasteiger partial charge is 0.322 e. The summed E-state index contributed by atoms with van der Waals surface area (Å²) >= 11 is 0. The summed E-state index contributed by atoms with van der Waals surface area (Å²) in [7, 11) is 0. The summed E-state index contributed by atoms with van der Waals surface area (Å²) in [5.41, 5.74) is 12.9. The number of aromatic nitrogens is 1. The maximum atomic E-state index is 12.7. The molecule has 0 fully saturated rings. The number of anilines is 2. The average molecular weight is 344 g/mol. The number of hydrogen-bond donors (Lipinski definition) is 2. The Balaban J connectivity index is 1.53. The van der Waals surface area contributed by atoms with Gasteiger partial charge in [0.25, 0.3) is 0 Å². The molecule has 5 nitrogen and oxygen atoms in total. The predicted molar refractivity (Wildman–Crippen MR) is 104 cm³/mol. The van der Waals surface area contributed by atoms with Gasteiger partial charge < -0.3 is 16.0 Å². The number of nitrogens with two attached hydrogens (primary N) is 1. The minimum atomic E-state index is -0.141. The van der Waals surface area contributed by atoms with Gasteiger partial charge in [-0.1, -0.05) is 29.8 Å². The molecule has 0 radical (unpaired) electrons. The number of urea groups is 1. The first-order valence-electron chi connectivity index (χ1n) is 8.54. The van der Waals surface area contributed by atoms with Gasteiger partial charge in [0, 0.05) is 25.5 Å². The van der Waals surface area contributed by atoms with E-state index in [0.29, 0.717) is 24.5 Å². The Morgan fingerprint density at radius 3 is 2.58 bits per heavy atom. The Morgan fingerprint density at radius 1 is 1.00 bits per heavy atom. The molecule has 130 valence electrons. The molecule has 3 aromatic rings. The van der Waals surface area contributed by atoms with Crippen LogP contribution in [0.4, 0.5) is 16.2 Å². The lowest BCUT2D eigenvalue weighted by atomic mass is 10.1. The van der Waals surface area contributed by atoms with Crippen LogP contribution < -0.4 is 11.1 Å². The van der Waals surface area contributed by atoms with Crippen molar-refractivity contribution in [2.24, 2.45) is 0 Å². The number of carbonyl (C=O) groups excluding carboxylic acids is 1. The third-order valence-corrected chi connectivity index (χ3v) is 4.68. The third kappa shape index (κ3) is 3.11. The number of nitrogen functional groups attached to an aromatic ring is 1. The molecule has 4 rings (SSSR count). The van der Waals surface area contributed by atoms with Crippen LogP contribution in [0.15, 0.2) is 60.9 Å². The van der Waals surface area contributed by atoms with Gasteiger partial charge in [0.05, 0.1) is 11.4 Å². The van der Waals surface area contributed by atoms with Crippen LogP contribution in [0.1, 0.15) is 16.7 Å². The summed E-state index contributed by atoms with van der Waals surface area (Å²) in [5, 5.41) is 2.96. The maximum Gasteiger partial charge on any atom is 0.322 e. The molecular weight excluding hydrogens is 324 g/mol. The molecule has 2 aromatic carbocycles. The first kappa shape index (κ1) is 16.1. The van der Waals surface area contributed by atoms with Crippen LogP contribution in [-0.2, 0) is 13.1 Å². The highest BCUT2D eigenvalue weighted by Crippen LogP contribution is 2.29. The molecule has 0 aliphatic carbocycles. The highest BCUT2D eigenvalue weighted by atomic mass is 16.2. The van der Waals surface area contributed by atoms with Gasteiger partial charge in [-0.3, -0.25) is 4.98 Å². The second-order valence-corrected chi connectivity index (χ2v) is 6.60. The maximum absolute atomic E-state index is 12.7. The summed E-state index contributed by atoms with van der Waals surface area (Å²) in [6.45, 7) is 3.30. The van der Waals surface area contributed by atoms with Gasteiger partial charge in [-0.15, -0.1) is 0 Å². The van der Waals surface area contributed by atoms with Crippen LogP contribution in [0.3, 0.4) is 0 Å². The molecule has 1 aliphatic heterocycles. The Kier molecular flexibility index (Phi) is 4.05. The largest absolute Gasteiger partial charge is 0.397 e. The molecule has 0 atom stereocenters. The van der Waals surface area contributed by atoms with Gasteiger partial charge in [-0.2, -0.15) is 0 Å². The van der Waals surface area contributed by atoms with Crippen molar-refractivity contribution in [1.82, 2.24) is 9.88 Å². The van der Waals surface area contributed by atoms with Gasteiger partial charge in [-0.05, 0) is 53.4 Å². The van der Waals surface area contributed by atoms with E-state index in [0.717, 1.165) is 11.1 Å². The number of benzene rings is 2. The van der Waals surface area contributed by atoms with Gasteiger partial charge in [0.1, 0.15) is 0 Å². The minimum absolute atomic E-state index is 0.141. The van der Waals surface area contributed by atoms with Gasteiger partial charge in [0.15, 0.2) is 0 Å². The predicted octanol–water partition coefficient (Wildman–Crippen LogP) is 4.19. The lowest BCUT2D eigenvalue weighted by Crippen LogP contribution is -2.30. The van der Waals surface area contributed by atoms with E-state index in [2.05, 4.69) is 35.4 Å². The van der Waals surface area contributed by atoms with Crippen LogP contribution in [0.5, 0.6) is 0 Å². The van der Waals surface area contributed by atoms with Crippen LogP contribution in [-0.4, -0.2) is 15.9 Å². The first-order chi connectivity index (χ1) is 12.6. The molecule has 5 heteroatoms. The van der Waals surface area contributed by atoms with E-state index >= 15 is 0 Å². The van der Waals surface area contributed by atoms with Crippen molar-refractivity contribution in [3.05, 3.63) is 77.6 Å². The Bertz CT molecular complexity index is 969. The van der Waals surface area contributed by atoms with Crippen molar-refractivity contribution in [3.8, 4) is 11.1 Å². The minimum Gasteiger partial charge on any atom is -0.397 e. The summed E-state index contributed by atoms with van der Waals surface area (Å²) in [6.07, 6.45) is 3.49. The zero-order valence-corrected chi connectivity index (χ0v) is 14.6. The van der Waals surface area contributed by atoms with Crippen LogP contribution in [0, 0.1) is 6.92 Å². The van der Waals surface area contributed by atoms with E-state index in [-0.39, 0.29) is 6.03 Å². The topological polar surface area (TPSA) is 71.2 Å². The lowest BCUT2D eigenvalue weighted by molar-refractivity contribution is 0.212. The number of fused-ring (bicyclic) bond motifs is 1. The van der Waals surface area contributed by atoms with Gasteiger partial charge >= 0.3 is 6.03 Å². The van der Waals surface area contributed by atoms with E-state index < -0.39 is 0 Å². The monoisotopic (exact) mass is 344 g/mol. The fourth-order valence-electron chi connectivity index (χ4n) is 3.25. The van der Waals surface area contributed by atoms with Crippen LogP contribution in [0.25, 0.3) is 11.1 Å². The molecule has 0 saturated carbocycles. The number of pyridine rings is 1. The van der Waals surface area contributed by atoms with E-state index in [9.17, 15) is 4.79 Å². The fourth-order valence-corrected chi connectivity index (χ4v) is 3.25. The summed E-state index contributed by atoms with van der Waals surface area (Å²) in [5.74, 6) is 0. The van der Waals surface area contributed by atoms with Crippen LogP contribution >= 0.6 is 0 Å². The van der Waals surface area contributed by atoms with E-state index in [4.69, 9.17) is 5.73 Å². The van der Waals surface area contributed by atoms with E-state index in [1.807, 2.05) is 30.3 Å². The van der Waals surface area contributed by atoms with Gasteiger partial charge in [-0.25, -0.2) is 4.79 Å². The quantitative estimate of drug-likeness (QED) is 0.685. The number of rotatable bonds is 2. The van der Waals surface area contributed by atoms with E-state index in [1.54, 1.807) is 17.3 Å². The summed E-state index contributed by atoms with van der Waals surface area (Å²) in [6, 6.07) is 15.7. The van der Waals surface area contributed by atoms with Crippen molar-refractivity contribution in [2.75, 3.05) is 11.1 Å². The van der Waals surface area contributed by atoms with Crippen molar-refractivity contribution >= 4 is 17.4 Å². The number of nitrogens with zero attached hydrogens (tertiary/aromatic N) is 2. The zero-order valence-electron chi connectivity index (χ0n) is 14.6. The number of aryl methyl sites for hydroxylation is 1. The molecular formula is C21H20N4O. The normalized spacial score (nSPS) is 12.7. The molecule has 26 heavy (non-hydrogen) atoms. The second kappa shape index (κ2) is 6.52. The molecule has 0 bridgehead atoms. The number of nitrogens with one attached hydrogen (secondary N) is 1. The molecule has 2 amide bonds. The third-order valence-electron chi connectivity index (χ3n) is 4.68. The Morgan fingerprint density at radius 2 is 1.77 bits per heavy atom. The zero-order chi connectivity index (χ0) is 18.1. The van der Waals surface area contributed by atoms with E-state index in [1.165, 1.54) is 16.7 Å². The van der Waals surface area contributed by atoms with Crippen molar-refractivity contribution < 1.29 is 4.79 Å². The van der Waals surface area contributed by atoms with Gasteiger partial charge in [0.2, 0.25) is 0 Å². The number of carbonyl (C=O) groups is 1. The number of hydrogen-bond acceptors (Lipinski definition) is 3. The second-order valence-electron chi connectivity index (χ2n) is 6.60. The molecule has 0 saturated heterocycles. The standard InChI is InChI=1S/C21H20N4O/c1-14-2-3-17-12-25(13-18(17)10-14)21(26)24-20-11-16(4-5-19(20)22)15-6-8-23-9-7-15/h2-11H,12-13,22H2,1H3,(H,24,26). The van der Waals surface area contributed by atoms with Crippen LogP contribution in [0.2, 0.25) is 0 Å². The highest BCUT2D eigenvalue weighted by molar-refractivity contribution is 5.94. The molecule has 1 aliphatic rings. The van der Waals surface area contributed by atoms with Crippen molar-refractivity contribution in [1.29, 1.82) is 0 Å². The highest BCUT2D eigenvalue weighted by Gasteiger charge is 2.23. The van der Waals surface area contributed by atoms with Crippen molar-refractivity contribution in [2.45, 2.75) is 20.0 Å². The Labute approximate surface area is 152 Å². The Hall–Kier alpha value is -3.34. The lowest BCUT2D eigenvalue weighted by Gasteiger charge is -2.18. The fraction of sp³-hybridized carbons (Fsp3) is 0.143. The first-order valence-corrected chi connectivity index (χ1v) is 8.54. The summed E-state index contributed by atoms with van der Waals surface area (Å²) < 4.78 is 0. The molecule has 3 N–H and O–H groups in total. The molecule has 0 spiro atoms. The average Bonchev–Trinajstić information content (AvgIpc) is 3.07. The number of amides is 2. The summed E-state index contributed by atoms with van der Waals surface area (Å²) in [4.78, 5) is 18.5. The molecule has 0 unspecified atom stereocenters. The molecule has 2 heterocycles. The van der Waals surface area contributed by atoms with Crippen molar-refractivity contribution in [3.63, 3.8) is 0 Å².